The Balaban J connectivity index is 1.38. The van der Waals surface area contributed by atoms with Gasteiger partial charge in [0.1, 0.15) is 0 Å². The summed E-state index contributed by atoms with van der Waals surface area (Å²) in [5.41, 5.74) is 1.37. The summed E-state index contributed by atoms with van der Waals surface area (Å²) < 4.78 is 39.7. The molecule has 178 valence electrons. The summed E-state index contributed by atoms with van der Waals surface area (Å²) in [5.74, 6) is 0.550. The van der Waals surface area contributed by atoms with Gasteiger partial charge in [-0.15, -0.1) is 0 Å². The van der Waals surface area contributed by atoms with Gasteiger partial charge in [-0.2, -0.15) is 0 Å². The first-order valence-electron chi connectivity index (χ1n) is 11.6. The molecule has 1 N–H and O–H groups in total. The molecule has 33 heavy (non-hydrogen) atoms. The lowest BCUT2D eigenvalue weighted by molar-refractivity contribution is -0.00535. The number of hydrogen-bond donors (Lipinski definition) is 1. The molecule has 2 aromatic rings. The molecule has 1 heterocycles. The minimum absolute atomic E-state index is 0.108. The number of carbonyl (C=O) groups is 1. The fraction of sp³-hybridized carbons (Fsp3) is 0.480. The Hall–Kier alpha value is -2.42. The van der Waals surface area contributed by atoms with E-state index in [1.807, 2.05) is 6.07 Å². The minimum atomic E-state index is -3.70. The fourth-order valence-electron chi connectivity index (χ4n) is 4.93. The summed E-state index contributed by atoms with van der Waals surface area (Å²) >= 11 is 0. The van der Waals surface area contributed by atoms with Crippen LogP contribution in [0.15, 0.2) is 65.6 Å². The molecular weight excluding hydrogens is 440 g/mol. The van der Waals surface area contributed by atoms with Crippen LogP contribution < -0.4 is 4.72 Å². The molecule has 0 unspecified atom stereocenters. The summed E-state index contributed by atoms with van der Waals surface area (Å²) in [6.07, 6.45) is 4.18. The number of amides is 1. The van der Waals surface area contributed by atoms with Gasteiger partial charge in [-0.05, 0) is 55.7 Å². The van der Waals surface area contributed by atoms with Gasteiger partial charge in [-0.3, -0.25) is 0 Å². The van der Waals surface area contributed by atoms with E-state index in [1.165, 1.54) is 12.7 Å². The summed E-state index contributed by atoms with van der Waals surface area (Å²) in [6.45, 7) is 0.696. The van der Waals surface area contributed by atoms with Crippen LogP contribution in [0.3, 0.4) is 0 Å². The first-order chi connectivity index (χ1) is 16.0. The number of methoxy groups -OCH3 is 1. The Morgan fingerprint density at radius 1 is 0.970 bits per heavy atom. The standard InChI is InChI=1S/C25H32N2O5S/c1-31-25(28)27-17-16-23(26-33(29,30)22-10-6-3-7-11-22)24(27)18-32-21-14-12-20(13-15-21)19-8-4-2-5-9-19/h2-11,20-21,23-24,26H,12-18H2,1H3/t20-,21+,23-,24-/m0/s1. The number of nitrogens with one attached hydrogen (secondary N) is 1. The average molecular weight is 473 g/mol. The summed E-state index contributed by atoms with van der Waals surface area (Å²) in [6, 6.07) is 18.0. The van der Waals surface area contributed by atoms with E-state index < -0.39 is 28.2 Å². The van der Waals surface area contributed by atoms with Crippen LogP contribution in [0, 0.1) is 0 Å². The van der Waals surface area contributed by atoms with Crippen molar-refractivity contribution in [2.45, 2.75) is 61.1 Å². The van der Waals surface area contributed by atoms with E-state index in [4.69, 9.17) is 9.47 Å². The molecule has 2 aromatic carbocycles. The number of likely N-dealkylation sites (tertiary alicyclic amines) is 1. The molecule has 2 fully saturated rings. The molecule has 0 aromatic heterocycles. The van der Waals surface area contributed by atoms with Crippen molar-refractivity contribution in [3.8, 4) is 0 Å². The number of ether oxygens (including phenoxy) is 2. The largest absolute Gasteiger partial charge is 0.453 e. The van der Waals surface area contributed by atoms with Gasteiger partial charge in [-0.25, -0.2) is 17.9 Å². The van der Waals surface area contributed by atoms with Crippen molar-refractivity contribution in [3.63, 3.8) is 0 Å². The van der Waals surface area contributed by atoms with Gasteiger partial charge < -0.3 is 14.4 Å². The van der Waals surface area contributed by atoms with Gasteiger partial charge in [-0.1, -0.05) is 48.5 Å². The predicted octanol–water partition coefficient (Wildman–Crippen LogP) is 3.92. The molecule has 7 nitrogen and oxygen atoms in total. The van der Waals surface area contributed by atoms with E-state index in [0.717, 1.165) is 25.7 Å². The van der Waals surface area contributed by atoms with Crippen LogP contribution in [0.1, 0.15) is 43.6 Å². The Bertz CT molecular complexity index is 1010. The van der Waals surface area contributed by atoms with Gasteiger partial charge >= 0.3 is 6.09 Å². The molecule has 1 saturated carbocycles. The maximum atomic E-state index is 12.9. The maximum absolute atomic E-state index is 12.9. The number of benzene rings is 2. The highest BCUT2D eigenvalue weighted by Crippen LogP contribution is 2.34. The summed E-state index contributed by atoms with van der Waals surface area (Å²) in [5, 5.41) is 0. The highest BCUT2D eigenvalue weighted by atomic mass is 32.2. The van der Waals surface area contributed by atoms with Gasteiger partial charge in [0.15, 0.2) is 0 Å². The summed E-state index contributed by atoms with van der Waals surface area (Å²) in [4.78, 5) is 14.1. The van der Waals surface area contributed by atoms with Crippen molar-refractivity contribution in [2.75, 3.05) is 20.3 Å². The minimum Gasteiger partial charge on any atom is -0.453 e. The fourth-order valence-corrected chi connectivity index (χ4v) is 6.26. The van der Waals surface area contributed by atoms with Crippen LogP contribution in [-0.4, -0.2) is 57.9 Å². The first-order valence-corrected chi connectivity index (χ1v) is 13.0. The number of hydrogen-bond acceptors (Lipinski definition) is 5. The number of nitrogens with zero attached hydrogens (tertiary/aromatic N) is 1. The second-order valence-electron chi connectivity index (χ2n) is 8.78. The lowest BCUT2D eigenvalue weighted by atomic mass is 9.83. The third-order valence-corrected chi connectivity index (χ3v) is 8.27. The van der Waals surface area contributed by atoms with Crippen molar-refractivity contribution in [3.05, 3.63) is 66.2 Å². The molecule has 1 aliphatic carbocycles. The van der Waals surface area contributed by atoms with E-state index in [0.29, 0.717) is 18.9 Å². The zero-order valence-electron chi connectivity index (χ0n) is 18.9. The number of rotatable bonds is 7. The Morgan fingerprint density at radius 3 is 2.24 bits per heavy atom. The van der Waals surface area contributed by atoms with E-state index >= 15 is 0 Å². The lowest BCUT2D eigenvalue weighted by Crippen LogP contribution is -2.49. The zero-order valence-corrected chi connectivity index (χ0v) is 19.7. The summed E-state index contributed by atoms with van der Waals surface area (Å²) in [7, 11) is -2.36. The molecule has 8 heteroatoms. The van der Waals surface area contributed by atoms with Gasteiger partial charge in [0, 0.05) is 12.6 Å². The zero-order chi connectivity index (χ0) is 23.3. The highest BCUT2D eigenvalue weighted by molar-refractivity contribution is 7.89. The highest BCUT2D eigenvalue weighted by Gasteiger charge is 2.40. The van der Waals surface area contributed by atoms with E-state index in [2.05, 4.69) is 29.0 Å². The second-order valence-corrected chi connectivity index (χ2v) is 10.5. The molecule has 0 spiro atoms. The monoisotopic (exact) mass is 472 g/mol. The molecule has 1 amide bonds. The molecular formula is C25H32N2O5S. The normalized spacial score (nSPS) is 25.7. The van der Waals surface area contributed by atoms with Crippen LogP contribution in [0.4, 0.5) is 4.79 Å². The lowest BCUT2D eigenvalue weighted by Gasteiger charge is -2.32. The molecule has 2 aliphatic rings. The van der Waals surface area contributed by atoms with E-state index in [9.17, 15) is 13.2 Å². The Morgan fingerprint density at radius 2 is 1.61 bits per heavy atom. The SMILES string of the molecule is COC(=O)N1CC[C@H](NS(=O)(=O)c2ccccc2)[C@@H]1CO[C@H]1CC[C@@H](c2ccccc2)CC1. The van der Waals surface area contributed by atoms with Crippen LogP contribution in [0.2, 0.25) is 0 Å². The average Bonchev–Trinajstić information content (AvgIpc) is 3.25. The van der Waals surface area contributed by atoms with E-state index in [1.54, 1.807) is 35.2 Å². The topological polar surface area (TPSA) is 84.9 Å². The molecule has 0 radical (unpaired) electrons. The maximum Gasteiger partial charge on any atom is 0.409 e. The van der Waals surface area contributed by atoms with Crippen molar-refractivity contribution in [2.24, 2.45) is 0 Å². The van der Waals surface area contributed by atoms with Gasteiger partial charge in [0.05, 0.1) is 30.8 Å². The Kier molecular flexibility index (Phi) is 7.67. The molecule has 2 atom stereocenters. The van der Waals surface area contributed by atoms with Crippen LogP contribution in [0.25, 0.3) is 0 Å². The molecule has 1 aliphatic heterocycles. The van der Waals surface area contributed by atoms with Gasteiger partial charge in [0.25, 0.3) is 0 Å². The van der Waals surface area contributed by atoms with Crippen molar-refractivity contribution in [1.29, 1.82) is 0 Å². The third kappa shape index (κ3) is 5.75. The van der Waals surface area contributed by atoms with Crippen LogP contribution in [0.5, 0.6) is 0 Å². The number of carbonyl (C=O) groups excluding carboxylic acids is 1. The van der Waals surface area contributed by atoms with Crippen LogP contribution in [-0.2, 0) is 19.5 Å². The van der Waals surface area contributed by atoms with Gasteiger partial charge in [0.2, 0.25) is 10.0 Å². The van der Waals surface area contributed by atoms with Crippen LogP contribution >= 0.6 is 0 Å². The molecule has 0 bridgehead atoms. The Labute approximate surface area is 196 Å². The van der Waals surface area contributed by atoms with E-state index in [-0.39, 0.29) is 17.6 Å². The molecule has 1 saturated heterocycles. The second kappa shape index (κ2) is 10.7. The number of sulfonamides is 1. The molecule has 4 rings (SSSR count). The van der Waals surface area contributed by atoms with Crippen molar-refractivity contribution < 1.29 is 22.7 Å². The quantitative estimate of drug-likeness (QED) is 0.660. The van der Waals surface area contributed by atoms with Crippen molar-refractivity contribution >= 4 is 16.1 Å². The third-order valence-electron chi connectivity index (χ3n) is 6.76. The van der Waals surface area contributed by atoms with Crippen molar-refractivity contribution in [1.82, 2.24) is 9.62 Å². The smallest absolute Gasteiger partial charge is 0.409 e. The first kappa shape index (κ1) is 23.7. The predicted molar refractivity (Wildman–Crippen MR) is 125 cm³/mol.